The second-order valence-electron chi connectivity index (χ2n) is 6.57. The minimum absolute atomic E-state index is 0.0898. The number of hydrogen-bond acceptors (Lipinski definition) is 4. The number of imidazole rings is 1. The van der Waals surface area contributed by atoms with Gasteiger partial charge in [0.1, 0.15) is 18.5 Å². The quantitative estimate of drug-likeness (QED) is 0.876. The molecule has 0 radical (unpaired) electrons. The molecule has 0 aliphatic heterocycles. The first-order valence-electron chi connectivity index (χ1n) is 9.09. The predicted molar refractivity (Wildman–Crippen MR) is 94.8 cm³/mol. The molecule has 2 aromatic rings. The lowest BCUT2D eigenvalue weighted by molar-refractivity contribution is -0.134. The zero-order valence-electron chi connectivity index (χ0n) is 14.7. The number of aliphatic hydroxyl groups is 1. The molecule has 0 saturated heterocycles. The van der Waals surface area contributed by atoms with E-state index in [9.17, 15) is 9.90 Å². The molecule has 0 unspecified atom stereocenters. The van der Waals surface area contributed by atoms with Crippen molar-refractivity contribution in [1.29, 1.82) is 0 Å². The van der Waals surface area contributed by atoms with Gasteiger partial charge in [-0.2, -0.15) is 0 Å². The van der Waals surface area contributed by atoms with Crippen LogP contribution in [0.2, 0.25) is 0 Å². The summed E-state index contributed by atoms with van der Waals surface area (Å²) in [5.41, 5.74) is 0.669. The topological polar surface area (TPSA) is 71.2 Å². The Morgan fingerprint density at radius 2 is 2.16 bits per heavy atom. The summed E-state index contributed by atoms with van der Waals surface area (Å²) in [6.07, 6.45) is 11.6. The first-order chi connectivity index (χ1) is 12.2. The summed E-state index contributed by atoms with van der Waals surface area (Å²) in [5, 5.41) is 10.6. The minimum Gasteiger partial charge on any atom is -0.380 e. The lowest BCUT2D eigenvalue weighted by Gasteiger charge is -2.34. The fourth-order valence-corrected chi connectivity index (χ4v) is 3.66. The molecule has 134 valence electrons. The highest BCUT2D eigenvalue weighted by molar-refractivity contribution is 5.76. The first kappa shape index (κ1) is 17.6. The van der Waals surface area contributed by atoms with Gasteiger partial charge >= 0.3 is 0 Å². The molecule has 0 spiro atoms. The first-order valence-corrected chi connectivity index (χ1v) is 9.09. The Morgan fingerprint density at radius 1 is 1.36 bits per heavy atom. The van der Waals surface area contributed by atoms with E-state index in [1.54, 1.807) is 41.5 Å². The summed E-state index contributed by atoms with van der Waals surface area (Å²) in [6, 6.07) is 3.93. The van der Waals surface area contributed by atoms with E-state index in [1.165, 1.54) is 19.3 Å². The van der Waals surface area contributed by atoms with E-state index < -0.39 is 6.10 Å². The van der Waals surface area contributed by atoms with Crippen molar-refractivity contribution < 1.29 is 9.90 Å². The third kappa shape index (κ3) is 4.07. The van der Waals surface area contributed by atoms with Gasteiger partial charge in [0.2, 0.25) is 5.91 Å². The van der Waals surface area contributed by atoms with Gasteiger partial charge < -0.3 is 14.6 Å². The van der Waals surface area contributed by atoms with Crippen molar-refractivity contribution in [1.82, 2.24) is 19.4 Å². The number of nitrogens with zero attached hydrogens (tertiary/aromatic N) is 4. The second-order valence-corrected chi connectivity index (χ2v) is 6.57. The standard InChI is InChI=1S/C19H26N4O2/c1-2-23(16-8-4-3-5-9-16)17(24)14-22-12-11-21-19(22)18(25)15-7-6-10-20-13-15/h6-7,10-13,16,18,25H,2-5,8-9,14H2,1H3/t18-/m1/s1. The maximum atomic E-state index is 12.8. The smallest absolute Gasteiger partial charge is 0.242 e. The van der Waals surface area contributed by atoms with Crippen LogP contribution in [0.3, 0.4) is 0 Å². The molecule has 1 atom stereocenters. The van der Waals surface area contributed by atoms with Crippen molar-refractivity contribution in [3.8, 4) is 0 Å². The third-order valence-corrected chi connectivity index (χ3v) is 4.97. The maximum Gasteiger partial charge on any atom is 0.242 e. The zero-order chi connectivity index (χ0) is 17.6. The van der Waals surface area contributed by atoms with Gasteiger partial charge in [0.25, 0.3) is 0 Å². The van der Waals surface area contributed by atoms with Crippen LogP contribution in [0.1, 0.15) is 56.5 Å². The highest BCUT2D eigenvalue weighted by Gasteiger charge is 2.25. The van der Waals surface area contributed by atoms with Gasteiger partial charge in [-0.1, -0.05) is 25.3 Å². The van der Waals surface area contributed by atoms with Gasteiger partial charge in [-0.15, -0.1) is 0 Å². The van der Waals surface area contributed by atoms with Gasteiger partial charge in [0, 0.05) is 42.9 Å². The van der Waals surface area contributed by atoms with Crippen molar-refractivity contribution >= 4 is 5.91 Å². The molecule has 1 fully saturated rings. The van der Waals surface area contributed by atoms with Crippen LogP contribution in [0.5, 0.6) is 0 Å². The normalized spacial score (nSPS) is 16.6. The Balaban J connectivity index is 1.72. The highest BCUT2D eigenvalue weighted by atomic mass is 16.3. The fourth-order valence-electron chi connectivity index (χ4n) is 3.66. The maximum absolute atomic E-state index is 12.8. The van der Waals surface area contributed by atoms with Crippen LogP contribution in [-0.4, -0.2) is 43.0 Å². The number of carbonyl (C=O) groups is 1. The minimum atomic E-state index is -0.888. The van der Waals surface area contributed by atoms with Gasteiger partial charge in [-0.25, -0.2) is 4.98 Å². The van der Waals surface area contributed by atoms with E-state index in [0.717, 1.165) is 19.4 Å². The van der Waals surface area contributed by atoms with Crippen LogP contribution in [0, 0.1) is 0 Å². The summed E-state index contributed by atoms with van der Waals surface area (Å²) < 4.78 is 1.74. The Bertz CT molecular complexity index is 680. The van der Waals surface area contributed by atoms with E-state index in [0.29, 0.717) is 17.4 Å². The van der Waals surface area contributed by atoms with Crippen molar-refractivity contribution in [2.24, 2.45) is 0 Å². The molecule has 3 rings (SSSR count). The number of hydrogen-bond donors (Lipinski definition) is 1. The van der Waals surface area contributed by atoms with Crippen LogP contribution < -0.4 is 0 Å². The largest absolute Gasteiger partial charge is 0.380 e. The number of aliphatic hydroxyl groups excluding tert-OH is 1. The van der Waals surface area contributed by atoms with Crippen LogP contribution >= 0.6 is 0 Å². The summed E-state index contributed by atoms with van der Waals surface area (Å²) >= 11 is 0. The molecule has 0 bridgehead atoms. The number of aromatic nitrogens is 3. The predicted octanol–water partition coefficient (Wildman–Crippen LogP) is 2.54. The third-order valence-electron chi connectivity index (χ3n) is 4.97. The lowest BCUT2D eigenvalue weighted by Crippen LogP contribution is -2.43. The van der Waals surface area contributed by atoms with Crippen LogP contribution in [-0.2, 0) is 11.3 Å². The Labute approximate surface area is 148 Å². The van der Waals surface area contributed by atoms with Crippen LogP contribution in [0.15, 0.2) is 36.9 Å². The molecule has 0 aromatic carbocycles. The molecule has 1 aliphatic carbocycles. The summed E-state index contributed by atoms with van der Waals surface area (Å²) in [4.78, 5) is 23.1. The number of likely N-dealkylation sites (N-methyl/N-ethyl adjacent to an activating group) is 1. The molecule has 1 aliphatic rings. The van der Waals surface area contributed by atoms with Crippen molar-refractivity contribution in [2.75, 3.05) is 6.54 Å². The molecule has 1 N–H and O–H groups in total. The molecule has 6 nitrogen and oxygen atoms in total. The SMILES string of the molecule is CCN(C(=O)Cn1ccnc1[C@H](O)c1cccnc1)C1CCCCC1. The highest BCUT2D eigenvalue weighted by Crippen LogP contribution is 2.24. The van der Waals surface area contributed by atoms with Gasteiger partial charge in [-0.3, -0.25) is 9.78 Å². The van der Waals surface area contributed by atoms with Crippen LogP contribution in [0.25, 0.3) is 0 Å². The van der Waals surface area contributed by atoms with E-state index in [4.69, 9.17) is 0 Å². The monoisotopic (exact) mass is 342 g/mol. The number of rotatable bonds is 6. The molecule has 2 aromatic heterocycles. The summed E-state index contributed by atoms with van der Waals surface area (Å²) in [7, 11) is 0. The number of amides is 1. The Kier molecular flexibility index (Phi) is 5.81. The number of pyridine rings is 1. The Morgan fingerprint density at radius 3 is 2.84 bits per heavy atom. The average Bonchev–Trinajstić information content (AvgIpc) is 3.11. The molecule has 25 heavy (non-hydrogen) atoms. The molecule has 6 heteroatoms. The van der Waals surface area contributed by atoms with E-state index >= 15 is 0 Å². The molecule has 1 amide bonds. The lowest BCUT2D eigenvalue weighted by atomic mass is 9.94. The molecule has 2 heterocycles. The Hall–Kier alpha value is -2.21. The summed E-state index contributed by atoms with van der Waals surface area (Å²) in [6.45, 7) is 2.96. The zero-order valence-corrected chi connectivity index (χ0v) is 14.7. The number of carbonyl (C=O) groups excluding carboxylic acids is 1. The fraction of sp³-hybridized carbons (Fsp3) is 0.526. The van der Waals surface area contributed by atoms with E-state index in [2.05, 4.69) is 9.97 Å². The van der Waals surface area contributed by atoms with Crippen LogP contribution in [0.4, 0.5) is 0 Å². The second kappa shape index (κ2) is 8.25. The van der Waals surface area contributed by atoms with E-state index in [-0.39, 0.29) is 12.5 Å². The van der Waals surface area contributed by atoms with Crippen molar-refractivity contribution in [3.05, 3.63) is 48.3 Å². The summed E-state index contributed by atoms with van der Waals surface area (Å²) in [5.74, 6) is 0.563. The van der Waals surface area contributed by atoms with Crippen molar-refractivity contribution in [2.45, 2.75) is 57.7 Å². The molecular weight excluding hydrogens is 316 g/mol. The molecule has 1 saturated carbocycles. The van der Waals surface area contributed by atoms with Gasteiger partial charge in [0.05, 0.1) is 0 Å². The van der Waals surface area contributed by atoms with Gasteiger partial charge in [-0.05, 0) is 25.8 Å². The van der Waals surface area contributed by atoms with Gasteiger partial charge in [0.15, 0.2) is 0 Å². The van der Waals surface area contributed by atoms with E-state index in [1.807, 2.05) is 11.8 Å². The molecular formula is C19H26N4O2. The van der Waals surface area contributed by atoms with Crippen molar-refractivity contribution in [3.63, 3.8) is 0 Å². The average molecular weight is 342 g/mol.